The lowest BCUT2D eigenvalue weighted by atomic mass is 9.80. The molecule has 0 saturated carbocycles. The summed E-state index contributed by atoms with van der Waals surface area (Å²) in [6, 6.07) is 8.31. The zero-order valence-corrected chi connectivity index (χ0v) is 19.9. The molecule has 2 aromatic heterocycles. The van der Waals surface area contributed by atoms with Gasteiger partial charge in [-0.25, -0.2) is 4.39 Å². The maximum atomic E-state index is 13.7. The number of rotatable bonds is 11. The molecule has 1 aliphatic heterocycles. The topological polar surface area (TPSA) is 129 Å². The number of hydrazine groups is 1. The van der Waals surface area contributed by atoms with Crippen molar-refractivity contribution in [1.82, 2.24) is 30.8 Å². The lowest BCUT2D eigenvalue weighted by Crippen LogP contribution is -2.45. The van der Waals surface area contributed by atoms with Gasteiger partial charge in [0.05, 0.1) is 31.2 Å². The normalized spacial score (nSPS) is 16.1. The predicted octanol–water partition coefficient (Wildman–Crippen LogP) is 1.86. The molecule has 3 aromatic rings. The van der Waals surface area contributed by atoms with E-state index in [9.17, 15) is 9.50 Å². The molecule has 1 saturated heterocycles. The Morgan fingerprint density at radius 1 is 1.31 bits per heavy atom. The number of nitrogen functional groups attached to an aromatic ring is 1. The summed E-state index contributed by atoms with van der Waals surface area (Å²) in [5.74, 6) is 0.787. The van der Waals surface area contributed by atoms with Gasteiger partial charge in [-0.15, -0.1) is 0 Å². The Balaban J connectivity index is 1.53. The van der Waals surface area contributed by atoms with Crippen LogP contribution in [0.5, 0.6) is 0 Å². The molecule has 1 aromatic carbocycles. The number of hydrogen-bond acceptors (Lipinski definition) is 8. The molecule has 0 radical (unpaired) electrons. The number of aromatic amines is 1. The Labute approximate surface area is 203 Å². The quantitative estimate of drug-likeness (QED) is 0.206. The van der Waals surface area contributed by atoms with E-state index in [-0.39, 0.29) is 5.82 Å². The molecule has 11 heteroatoms. The zero-order chi connectivity index (χ0) is 24.7. The fourth-order valence-electron chi connectivity index (χ4n) is 4.39. The number of aromatic nitrogens is 4. The highest BCUT2D eigenvalue weighted by Crippen LogP contribution is 2.39. The number of H-pyrrole nitrogens is 1. The SMILES string of the molecule is CNNCCOCC/C=C(\c1cnn(-c2ccn[nH]2)c1N)C1(O)CCN(c2cccc(F)c2)CC1. The van der Waals surface area contributed by atoms with Crippen LogP contribution in [0.4, 0.5) is 15.9 Å². The van der Waals surface area contributed by atoms with Crippen LogP contribution in [0.25, 0.3) is 11.4 Å². The van der Waals surface area contributed by atoms with Crippen molar-refractivity contribution in [2.24, 2.45) is 0 Å². The van der Waals surface area contributed by atoms with Gasteiger partial charge in [0, 0.05) is 37.0 Å². The second kappa shape index (κ2) is 11.5. The third-order valence-corrected chi connectivity index (χ3v) is 6.23. The van der Waals surface area contributed by atoms with E-state index >= 15 is 0 Å². The van der Waals surface area contributed by atoms with Crippen molar-refractivity contribution in [2.75, 3.05) is 50.5 Å². The molecule has 1 fully saturated rings. The molecule has 10 nitrogen and oxygen atoms in total. The Bertz CT molecular complexity index is 1110. The number of aliphatic hydroxyl groups is 1. The molecule has 0 amide bonds. The van der Waals surface area contributed by atoms with Crippen LogP contribution in [0.1, 0.15) is 24.8 Å². The van der Waals surface area contributed by atoms with Gasteiger partial charge in [0.2, 0.25) is 0 Å². The van der Waals surface area contributed by atoms with Gasteiger partial charge >= 0.3 is 0 Å². The minimum absolute atomic E-state index is 0.271. The largest absolute Gasteiger partial charge is 0.385 e. The number of benzene rings is 1. The fraction of sp³-hybridized carbons (Fsp3) is 0.417. The third-order valence-electron chi connectivity index (χ3n) is 6.23. The molecule has 0 bridgehead atoms. The van der Waals surface area contributed by atoms with Gasteiger partial charge in [0.1, 0.15) is 11.6 Å². The van der Waals surface area contributed by atoms with Gasteiger partial charge in [-0.1, -0.05) is 12.1 Å². The summed E-state index contributed by atoms with van der Waals surface area (Å²) < 4.78 is 21.0. The average molecular weight is 485 g/mol. The molecule has 0 unspecified atom stereocenters. The van der Waals surface area contributed by atoms with Crippen LogP contribution in [0.2, 0.25) is 0 Å². The van der Waals surface area contributed by atoms with Crippen molar-refractivity contribution in [2.45, 2.75) is 24.9 Å². The van der Waals surface area contributed by atoms with E-state index in [1.165, 1.54) is 12.1 Å². The molecule has 0 spiro atoms. The molecule has 3 heterocycles. The molecule has 188 valence electrons. The lowest BCUT2D eigenvalue weighted by Gasteiger charge is -2.41. The maximum absolute atomic E-state index is 13.7. The number of nitrogens with one attached hydrogen (secondary N) is 3. The number of nitrogens with two attached hydrogens (primary N) is 1. The van der Waals surface area contributed by atoms with Crippen LogP contribution in [0.3, 0.4) is 0 Å². The number of piperidine rings is 1. The van der Waals surface area contributed by atoms with Crippen molar-refractivity contribution in [1.29, 1.82) is 0 Å². The van der Waals surface area contributed by atoms with E-state index in [1.807, 2.05) is 19.2 Å². The van der Waals surface area contributed by atoms with Crippen molar-refractivity contribution >= 4 is 17.1 Å². The number of halogens is 1. The van der Waals surface area contributed by atoms with Gasteiger partial charge in [0.15, 0.2) is 5.82 Å². The van der Waals surface area contributed by atoms with E-state index < -0.39 is 5.60 Å². The van der Waals surface area contributed by atoms with Gasteiger partial charge < -0.3 is 20.5 Å². The van der Waals surface area contributed by atoms with Gasteiger partial charge in [-0.3, -0.25) is 16.0 Å². The summed E-state index contributed by atoms with van der Waals surface area (Å²) in [5, 5.41) is 23.1. The highest BCUT2D eigenvalue weighted by atomic mass is 19.1. The standard InChI is InChI=1S/C24H33FN8O2/c1-27-28-11-15-35-14-3-6-21(20-17-30-33(23(20)26)22-7-10-29-31-22)24(34)8-12-32(13-9-24)19-5-2-4-18(25)16-19/h2,4-7,10,16-17,27-28,34H,3,8-9,11-15,26H2,1H3,(H,29,31)/b21-6+. The monoisotopic (exact) mass is 484 g/mol. The number of hydrogen-bond donors (Lipinski definition) is 5. The first-order valence-corrected chi connectivity index (χ1v) is 11.8. The lowest BCUT2D eigenvalue weighted by molar-refractivity contribution is 0.0745. The summed E-state index contributed by atoms with van der Waals surface area (Å²) in [5.41, 5.74) is 13.4. The third kappa shape index (κ3) is 5.88. The second-order valence-electron chi connectivity index (χ2n) is 8.49. The van der Waals surface area contributed by atoms with Gasteiger partial charge in [-0.2, -0.15) is 14.9 Å². The summed E-state index contributed by atoms with van der Waals surface area (Å²) in [6.07, 6.45) is 6.85. The summed E-state index contributed by atoms with van der Waals surface area (Å²) in [4.78, 5) is 2.09. The van der Waals surface area contributed by atoms with Crippen LogP contribution in [-0.4, -0.2) is 70.6 Å². The highest BCUT2D eigenvalue weighted by Gasteiger charge is 2.38. The molecular weight excluding hydrogens is 451 g/mol. The smallest absolute Gasteiger partial charge is 0.151 e. The predicted molar refractivity (Wildman–Crippen MR) is 133 cm³/mol. The van der Waals surface area contributed by atoms with Crippen LogP contribution in [0, 0.1) is 5.82 Å². The molecule has 35 heavy (non-hydrogen) atoms. The second-order valence-corrected chi connectivity index (χ2v) is 8.49. The van der Waals surface area contributed by atoms with E-state index in [1.54, 1.807) is 29.2 Å². The van der Waals surface area contributed by atoms with Crippen LogP contribution < -0.4 is 21.5 Å². The van der Waals surface area contributed by atoms with Crippen LogP contribution >= 0.6 is 0 Å². The first-order chi connectivity index (χ1) is 17.0. The average Bonchev–Trinajstić information content (AvgIpc) is 3.51. The Morgan fingerprint density at radius 3 is 2.86 bits per heavy atom. The maximum Gasteiger partial charge on any atom is 0.151 e. The van der Waals surface area contributed by atoms with Crippen molar-refractivity contribution in [3.63, 3.8) is 0 Å². The Kier molecular flexibility index (Phi) is 8.13. The van der Waals surface area contributed by atoms with Crippen molar-refractivity contribution in [3.05, 3.63) is 60.2 Å². The molecular formula is C24H33FN8O2. The van der Waals surface area contributed by atoms with E-state index in [0.29, 0.717) is 69.3 Å². The van der Waals surface area contributed by atoms with E-state index in [4.69, 9.17) is 10.5 Å². The molecule has 0 aliphatic carbocycles. The summed E-state index contributed by atoms with van der Waals surface area (Å²) >= 11 is 0. The van der Waals surface area contributed by atoms with Gasteiger partial charge in [0.25, 0.3) is 0 Å². The van der Waals surface area contributed by atoms with Gasteiger partial charge in [-0.05, 0) is 50.1 Å². The number of ether oxygens (including phenoxy) is 1. The van der Waals surface area contributed by atoms with Crippen molar-refractivity contribution < 1.29 is 14.2 Å². The number of anilines is 2. The highest BCUT2D eigenvalue weighted by molar-refractivity contribution is 5.79. The molecule has 1 aliphatic rings. The fourth-order valence-corrected chi connectivity index (χ4v) is 4.39. The zero-order valence-electron chi connectivity index (χ0n) is 19.9. The summed E-state index contributed by atoms with van der Waals surface area (Å²) in [7, 11) is 1.81. The minimum atomic E-state index is -1.10. The van der Waals surface area contributed by atoms with E-state index in [2.05, 4.69) is 31.0 Å². The molecule has 0 atom stereocenters. The minimum Gasteiger partial charge on any atom is -0.385 e. The Morgan fingerprint density at radius 2 is 2.14 bits per heavy atom. The number of nitrogens with zero attached hydrogens (tertiary/aromatic N) is 4. The van der Waals surface area contributed by atoms with Crippen LogP contribution in [0.15, 0.2) is 48.8 Å². The Hall–Kier alpha value is -3.25. The van der Waals surface area contributed by atoms with Crippen LogP contribution in [-0.2, 0) is 4.74 Å². The van der Waals surface area contributed by atoms with Crippen molar-refractivity contribution in [3.8, 4) is 5.82 Å². The summed E-state index contributed by atoms with van der Waals surface area (Å²) in [6.45, 7) is 2.93. The van der Waals surface area contributed by atoms with E-state index in [0.717, 1.165) is 11.3 Å². The molecule has 6 N–H and O–H groups in total. The molecule has 4 rings (SSSR count). The first-order valence-electron chi connectivity index (χ1n) is 11.8. The first kappa shape index (κ1) is 24.9.